The third-order valence-corrected chi connectivity index (χ3v) is 2.61. The number of primary sulfonamides is 1. The van der Waals surface area contributed by atoms with Crippen molar-refractivity contribution in [2.45, 2.75) is 11.5 Å². The Morgan fingerprint density at radius 3 is 2.44 bits per heavy atom. The van der Waals surface area contributed by atoms with Gasteiger partial charge in [0.1, 0.15) is 11.6 Å². The first-order chi connectivity index (χ1) is 8.18. The number of halogens is 2. The highest BCUT2D eigenvalue weighted by Gasteiger charge is 2.32. The van der Waals surface area contributed by atoms with Crippen molar-refractivity contribution in [2.75, 3.05) is 0 Å². The number of nitriles is 1. The molecule has 0 aliphatic carbocycles. The van der Waals surface area contributed by atoms with Crippen LogP contribution in [0.3, 0.4) is 0 Å². The number of rotatable bonds is 3. The number of nitro groups is 1. The van der Waals surface area contributed by atoms with E-state index in [2.05, 4.69) is 10.1 Å². The molecule has 11 heteroatoms. The van der Waals surface area contributed by atoms with Gasteiger partial charge in [-0.25, -0.2) is 22.3 Å². The summed E-state index contributed by atoms with van der Waals surface area (Å²) in [5, 5.41) is 22.8. The Balaban J connectivity index is 3.77. The topological polar surface area (TPSA) is 140 Å². The van der Waals surface area contributed by atoms with Crippen molar-refractivity contribution in [1.82, 2.24) is 4.98 Å². The van der Waals surface area contributed by atoms with Gasteiger partial charge in [0.15, 0.2) is 0 Å². The first-order valence-corrected chi connectivity index (χ1v) is 5.63. The van der Waals surface area contributed by atoms with Crippen LogP contribution in [0.2, 0.25) is 0 Å². The molecule has 96 valence electrons. The van der Waals surface area contributed by atoms with E-state index in [0.717, 1.165) is 0 Å². The number of sulfonamides is 1. The maximum Gasteiger partial charge on any atom is 0.375 e. The molecule has 1 rings (SSSR count). The second-order valence-corrected chi connectivity index (χ2v) is 4.47. The Hall–Kier alpha value is -2.19. The van der Waals surface area contributed by atoms with Crippen molar-refractivity contribution >= 4 is 15.8 Å². The molecule has 0 aliphatic rings. The SMILES string of the molecule is N#Cc1cc(S(N)(=O)=O)nc([N+](=O)[O-])c1C(F)F. The molecule has 0 atom stereocenters. The van der Waals surface area contributed by atoms with Crippen molar-refractivity contribution < 1.29 is 22.1 Å². The summed E-state index contributed by atoms with van der Waals surface area (Å²) in [7, 11) is -4.45. The van der Waals surface area contributed by atoms with Gasteiger partial charge in [0.2, 0.25) is 0 Å². The van der Waals surface area contributed by atoms with E-state index in [1.807, 2.05) is 0 Å². The van der Waals surface area contributed by atoms with Crippen LogP contribution in [-0.2, 0) is 10.0 Å². The zero-order chi connectivity index (χ0) is 14.1. The Bertz CT molecular complexity index is 652. The van der Waals surface area contributed by atoms with Gasteiger partial charge in [0.25, 0.3) is 21.5 Å². The van der Waals surface area contributed by atoms with E-state index >= 15 is 0 Å². The summed E-state index contributed by atoms with van der Waals surface area (Å²) >= 11 is 0. The molecule has 0 aromatic carbocycles. The van der Waals surface area contributed by atoms with Gasteiger partial charge in [-0.3, -0.25) is 0 Å². The number of hydrogen-bond donors (Lipinski definition) is 1. The van der Waals surface area contributed by atoms with E-state index in [9.17, 15) is 27.3 Å². The number of nitrogens with zero attached hydrogens (tertiary/aromatic N) is 3. The van der Waals surface area contributed by atoms with E-state index in [4.69, 9.17) is 5.26 Å². The Morgan fingerprint density at radius 1 is 1.56 bits per heavy atom. The highest BCUT2D eigenvalue weighted by atomic mass is 32.2. The molecule has 0 unspecified atom stereocenters. The standard InChI is InChI=1S/C7H4F2N4O4S/c8-6(9)5-3(2-10)1-4(18(11,16)17)12-7(5)13(14)15/h1,6H,(H2,11,16,17). The summed E-state index contributed by atoms with van der Waals surface area (Å²) in [6, 6.07) is 1.70. The molecular formula is C7H4F2N4O4S. The summed E-state index contributed by atoms with van der Waals surface area (Å²) < 4.78 is 47.1. The van der Waals surface area contributed by atoms with Gasteiger partial charge in [0.05, 0.1) is 5.56 Å². The molecule has 1 heterocycles. The van der Waals surface area contributed by atoms with Crippen molar-refractivity contribution in [2.24, 2.45) is 5.14 Å². The first kappa shape index (κ1) is 13.9. The molecule has 18 heavy (non-hydrogen) atoms. The lowest BCUT2D eigenvalue weighted by Crippen LogP contribution is -2.16. The molecule has 8 nitrogen and oxygen atoms in total. The molecule has 0 saturated carbocycles. The largest absolute Gasteiger partial charge is 0.375 e. The summed E-state index contributed by atoms with van der Waals surface area (Å²) in [5.41, 5.74) is -2.11. The number of nitrogens with two attached hydrogens (primary N) is 1. The second-order valence-electron chi connectivity index (χ2n) is 2.96. The minimum atomic E-state index is -4.45. The fraction of sp³-hybridized carbons (Fsp3) is 0.143. The molecular weight excluding hydrogens is 274 g/mol. The van der Waals surface area contributed by atoms with Crippen molar-refractivity contribution in [3.05, 3.63) is 27.3 Å². The molecule has 1 aromatic heterocycles. The fourth-order valence-electron chi connectivity index (χ4n) is 1.11. The molecule has 0 spiro atoms. The summed E-state index contributed by atoms with van der Waals surface area (Å²) in [6.45, 7) is 0. The summed E-state index contributed by atoms with van der Waals surface area (Å²) in [5.74, 6) is -1.41. The Morgan fingerprint density at radius 2 is 2.11 bits per heavy atom. The minimum absolute atomic E-state index is 0.462. The van der Waals surface area contributed by atoms with Crippen LogP contribution >= 0.6 is 0 Å². The van der Waals surface area contributed by atoms with Gasteiger partial charge < -0.3 is 10.1 Å². The zero-order valence-electron chi connectivity index (χ0n) is 8.37. The van der Waals surface area contributed by atoms with E-state index in [0.29, 0.717) is 6.07 Å². The number of alkyl halides is 2. The molecule has 0 radical (unpaired) electrons. The molecule has 0 saturated heterocycles. The highest BCUT2D eigenvalue weighted by Crippen LogP contribution is 2.31. The normalized spacial score (nSPS) is 11.3. The van der Waals surface area contributed by atoms with Gasteiger partial charge in [-0.1, -0.05) is 0 Å². The maximum absolute atomic E-state index is 12.6. The molecule has 0 fully saturated rings. The molecule has 1 aromatic rings. The van der Waals surface area contributed by atoms with E-state index in [1.165, 1.54) is 6.07 Å². The number of aromatic nitrogens is 1. The second kappa shape index (κ2) is 4.59. The third-order valence-electron chi connectivity index (χ3n) is 1.82. The van der Waals surface area contributed by atoms with Gasteiger partial charge >= 0.3 is 5.82 Å². The van der Waals surface area contributed by atoms with Crippen molar-refractivity contribution in [1.29, 1.82) is 5.26 Å². The smallest absolute Gasteiger partial charge is 0.358 e. The van der Waals surface area contributed by atoms with Gasteiger partial charge in [0, 0.05) is 6.07 Å². The van der Waals surface area contributed by atoms with Crippen LogP contribution in [0, 0.1) is 21.4 Å². The molecule has 0 amide bonds. The minimum Gasteiger partial charge on any atom is -0.358 e. The monoisotopic (exact) mass is 278 g/mol. The van der Waals surface area contributed by atoms with Gasteiger partial charge in [-0.15, -0.1) is 0 Å². The zero-order valence-corrected chi connectivity index (χ0v) is 9.19. The first-order valence-electron chi connectivity index (χ1n) is 4.09. The van der Waals surface area contributed by atoms with Gasteiger partial charge in [-0.2, -0.15) is 5.26 Å². The third kappa shape index (κ3) is 2.55. The predicted molar refractivity (Wildman–Crippen MR) is 51.9 cm³/mol. The van der Waals surface area contributed by atoms with Crippen LogP contribution in [0.5, 0.6) is 0 Å². The number of hydrogen-bond acceptors (Lipinski definition) is 6. The molecule has 0 bridgehead atoms. The molecule has 2 N–H and O–H groups in total. The summed E-state index contributed by atoms with van der Waals surface area (Å²) in [6.07, 6.45) is -3.35. The average molecular weight is 278 g/mol. The molecule has 0 aliphatic heterocycles. The average Bonchev–Trinajstić information content (AvgIpc) is 2.25. The highest BCUT2D eigenvalue weighted by molar-refractivity contribution is 7.89. The van der Waals surface area contributed by atoms with Gasteiger partial charge in [-0.05, 0) is 9.91 Å². The predicted octanol–water partition coefficient (Wildman–Crippen LogP) is 0.446. The number of pyridine rings is 1. The lowest BCUT2D eigenvalue weighted by atomic mass is 10.1. The Kier molecular flexibility index (Phi) is 3.54. The quantitative estimate of drug-likeness (QED) is 0.628. The van der Waals surface area contributed by atoms with E-state index in [-0.39, 0.29) is 0 Å². The Labute approximate surface area is 98.9 Å². The maximum atomic E-state index is 12.6. The van der Waals surface area contributed by atoms with Crippen LogP contribution in [0.25, 0.3) is 0 Å². The fourth-order valence-corrected chi connectivity index (χ4v) is 1.61. The van der Waals surface area contributed by atoms with E-state index in [1.54, 1.807) is 0 Å². The lowest BCUT2D eigenvalue weighted by Gasteiger charge is -2.04. The van der Waals surface area contributed by atoms with E-state index < -0.39 is 43.3 Å². The van der Waals surface area contributed by atoms with Crippen molar-refractivity contribution in [3.63, 3.8) is 0 Å². The van der Waals surface area contributed by atoms with Crippen LogP contribution in [-0.4, -0.2) is 18.3 Å². The lowest BCUT2D eigenvalue weighted by molar-refractivity contribution is -0.391. The van der Waals surface area contributed by atoms with Crippen LogP contribution in [0.4, 0.5) is 14.6 Å². The summed E-state index contributed by atoms with van der Waals surface area (Å²) in [4.78, 5) is 12.2. The van der Waals surface area contributed by atoms with Crippen LogP contribution in [0.15, 0.2) is 11.1 Å². The van der Waals surface area contributed by atoms with Crippen molar-refractivity contribution in [3.8, 4) is 6.07 Å². The van der Waals surface area contributed by atoms with Crippen LogP contribution < -0.4 is 5.14 Å². The van der Waals surface area contributed by atoms with Crippen LogP contribution in [0.1, 0.15) is 17.6 Å².